The van der Waals surface area contributed by atoms with Crippen molar-refractivity contribution < 1.29 is 4.79 Å². The van der Waals surface area contributed by atoms with Gasteiger partial charge in [-0.05, 0) is 18.4 Å². The Morgan fingerprint density at radius 3 is 2.59 bits per heavy atom. The van der Waals surface area contributed by atoms with Crippen LogP contribution in [0.1, 0.15) is 30.7 Å². The number of anilines is 2. The zero-order valence-electron chi connectivity index (χ0n) is 15.5. The van der Waals surface area contributed by atoms with Crippen LogP contribution < -0.4 is 10.2 Å². The van der Waals surface area contributed by atoms with E-state index in [9.17, 15) is 10.1 Å². The lowest BCUT2D eigenvalue weighted by Gasteiger charge is -2.35. The van der Waals surface area contributed by atoms with Gasteiger partial charge in [0, 0.05) is 26.2 Å². The monoisotopic (exact) mass is 386 g/mol. The Balaban J connectivity index is 1.62. The van der Waals surface area contributed by atoms with Crippen LogP contribution in [0.4, 0.5) is 10.9 Å². The van der Waals surface area contributed by atoms with Crippen molar-refractivity contribution >= 4 is 28.2 Å². The quantitative estimate of drug-likeness (QED) is 0.785. The van der Waals surface area contributed by atoms with Gasteiger partial charge < -0.3 is 4.90 Å². The number of hydrogen-bond donors (Lipinski definition) is 1. The molecule has 3 heterocycles. The van der Waals surface area contributed by atoms with Crippen LogP contribution in [0.3, 0.4) is 0 Å². The Hall–Kier alpha value is -2.64. The average molecular weight is 386 g/mol. The molecule has 1 saturated heterocycles. The van der Waals surface area contributed by atoms with E-state index >= 15 is 0 Å². The van der Waals surface area contributed by atoms with Crippen molar-refractivity contribution in [3.63, 3.8) is 0 Å². The first-order chi connectivity index (χ1) is 13.2. The zero-order valence-corrected chi connectivity index (χ0v) is 16.3. The number of piperazine rings is 1. The minimum absolute atomic E-state index is 0.0988. The maximum absolute atomic E-state index is 12.1. The third kappa shape index (κ3) is 4.37. The normalized spacial score (nSPS) is 14.8. The number of rotatable bonds is 6. The summed E-state index contributed by atoms with van der Waals surface area (Å²) >= 11 is 1.29. The Labute approximate surface area is 162 Å². The lowest BCUT2D eigenvalue weighted by atomic mass is 10.0. The molecule has 0 bridgehead atoms. The fraction of sp³-hybridized carbons (Fsp3) is 0.529. The summed E-state index contributed by atoms with van der Waals surface area (Å²) in [5, 5.41) is 29.1. The standard InChI is InChI=1S/C17H22N8OS/c1-3-12-13(9-18)16(22-21-14(12)4-2)25-7-5-24(6-8-25)10-15(26)20-17-23-19-11-27-17/h11H,3-8,10H2,1-2H3,(H,20,23,26). The highest BCUT2D eigenvalue weighted by Gasteiger charge is 2.24. The number of nitrogens with one attached hydrogen (secondary N) is 1. The van der Waals surface area contributed by atoms with Gasteiger partial charge in [0.15, 0.2) is 5.82 Å². The minimum atomic E-state index is -0.0988. The number of nitriles is 1. The van der Waals surface area contributed by atoms with E-state index in [2.05, 4.69) is 41.6 Å². The molecule has 1 amide bonds. The zero-order chi connectivity index (χ0) is 19.2. The molecule has 1 N–H and O–H groups in total. The van der Waals surface area contributed by atoms with Crippen molar-refractivity contribution in [3.05, 3.63) is 22.3 Å². The van der Waals surface area contributed by atoms with Crippen LogP contribution in [0.25, 0.3) is 0 Å². The second-order valence-electron chi connectivity index (χ2n) is 6.20. The lowest BCUT2D eigenvalue weighted by molar-refractivity contribution is -0.117. The number of aromatic nitrogens is 4. The van der Waals surface area contributed by atoms with Crippen molar-refractivity contribution in [2.75, 3.05) is 42.9 Å². The maximum atomic E-state index is 12.1. The van der Waals surface area contributed by atoms with Gasteiger partial charge in [-0.3, -0.25) is 15.0 Å². The highest BCUT2D eigenvalue weighted by Crippen LogP contribution is 2.24. The van der Waals surface area contributed by atoms with E-state index in [4.69, 9.17) is 0 Å². The molecule has 0 atom stereocenters. The van der Waals surface area contributed by atoms with Crippen LogP contribution in [0.15, 0.2) is 5.51 Å². The Morgan fingerprint density at radius 2 is 2.00 bits per heavy atom. The van der Waals surface area contributed by atoms with E-state index in [0.29, 0.717) is 49.2 Å². The van der Waals surface area contributed by atoms with Gasteiger partial charge in [0.05, 0.1) is 12.2 Å². The topological polar surface area (TPSA) is 111 Å². The van der Waals surface area contributed by atoms with Crippen molar-refractivity contribution in [1.82, 2.24) is 25.3 Å². The summed E-state index contributed by atoms with van der Waals surface area (Å²) in [5.74, 6) is 0.558. The predicted molar refractivity (Wildman–Crippen MR) is 103 cm³/mol. The molecule has 0 saturated carbocycles. The number of hydrogen-bond acceptors (Lipinski definition) is 9. The molecule has 3 rings (SSSR count). The smallest absolute Gasteiger partial charge is 0.240 e. The van der Waals surface area contributed by atoms with E-state index in [1.165, 1.54) is 11.3 Å². The van der Waals surface area contributed by atoms with E-state index in [1.54, 1.807) is 5.51 Å². The first-order valence-electron chi connectivity index (χ1n) is 8.98. The summed E-state index contributed by atoms with van der Waals surface area (Å²) in [6.07, 6.45) is 1.53. The Bertz CT molecular complexity index is 824. The minimum Gasteiger partial charge on any atom is -0.351 e. The number of amides is 1. The molecule has 0 unspecified atom stereocenters. The second-order valence-corrected chi connectivity index (χ2v) is 7.03. The number of carbonyl (C=O) groups is 1. The highest BCUT2D eigenvalue weighted by molar-refractivity contribution is 7.13. The number of aryl methyl sites for hydroxylation is 1. The molecular weight excluding hydrogens is 364 g/mol. The van der Waals surface area contributed by atoms with Crippen LogP contribution in [0.2, 0.25) is 0 Å². The molecule has 1 aliphatic rings. The fourth-order valence-electron chi connectivity index (χ4n) is 3.21. The molecule has 0 radical (unpaired) electrons. The Kier molecular flexibility index (Phi) is 6.26. The molecule has 10 heteroatoms. The van der Waals surface area contributed by atoms with Gasteiger partial charge in [-0.2, -0.15) is 10.4 Å². The molecule has 1 aliphatic heterocycles. The summed E-state index contributed by atoms with van der Waals surface area (Å²) < 4.78 is 0. The molecule has 2 aromatic heterocycles. The molecule has 1 fully saturated rings. The summed E-state index contributed by atoms with van der Waals surface area (Å²) in [6.45, 7) is 7.19. The van der Waals surface area contributed by atoms with Crippen LogP contribution in [0, 0.1) is 11.3 Å². The molecule has 2 aromatic rings. The average Bonchev–Trinajstić information content (AvgIpc) is 3.20. The van der Waals surface area contributed by atoms with Crippen LogP contribution in [0.5, 0.6) is 0 Å². The largest absolute Gasteiger partial charge is 0.351 e. The molecule has 0 aromatic carbocycles. The van der Waals surface area contributed by atoms with Gasteiger partial charge in [0.25, 0.3) is 0 Å². The molecule has 142 valence electrons. The highest BCUT2D eigenvalue weighted by atomic mass is 32.1. The van der Waals surface area contributed by atoms with Gasteiger partial charge in [-0.1, -0.05) is 25.2 Å². The van der Waals surface area contributed by atoms with Crippen molar-refractivity contribution in [3.8, 4) is 6.07 Å². The predicted octanol–water partition coefficient (Wildman–Crippen LogP) is 1.09. The van der Waals surface area contributed by atoms with Crippen LogP contribution >= 0.6 is 11.3 Å². The first kappa shape index (κ1) is 19.1. The fourth-order valence-corrected chi connectivity index (χ4v) is 3.67. The van der Waals surface area contributed by atoms with Gasteiger partial charge in [-0.15, -0.1) is 15.3 Å². The van der Waals surface area contributed by atoms with Crippen LogP contribution in [-0.2, 0) is 17.6 Å². The molecule has 0 spiro atoms. The van der Waals surface area contributed by atoms with E-state index in [1.807, 2.05) is 13.8 Å². The van der Waals surface area contributed by atoms with E-state index < -0.39 is 0 Å². The number of carbonyl (C=O) groups excluding carboxylic acids is 1. The van der Waals surface area contributed by atoms with Crippen molar-refractivity contribution in [2.45, 2.75) is 26.7 Å². The van der Waals surface area contributed by atoms with E-state index in [0.717, 1.165) is 24.1 Å². The van der Waals surface area contributed by atoms with Crippen molar-refractivity contribution in [1.29, 1.82) is 5.26 Å². The second kappa shape index (κ2) is 8.83. The third-order valence-corrected chi connectivity index (χ3v) is 5.19. The third-order valence-electron chi connectivity index (χ3n) is 4.58. The van der Waals surface area contributed by atoms with E-state index in [-0.39, 0.29) is 5.91 Å². The molecular formula is C17H22N8OS. The first-order valence-corrected chi connectivity index (χ1v) is 9.86. The molecule has 9 nitrogen and oxygen atoms in total. The lowest BCUT2D eigenvalue weighted by Crippen LogP contribution is -2.49. The molecule has 0 aliphatic carbocycles. The summed E-state index contributed by atoms with van der Waals surface area (Å²) in [4.78, 5) is 16.3. The Morgan fingerprint density at radius 1 is 1.22 bits per heavy atom. The summed E-state index contributed by atoms with van der Waals surface area (Å²) in [5.41, 5.74) is 4.09. The summed E-state index contributed by atoms with van der Waals surface area (Å²) in [7, 11) is 0. The summed E-state index contributed by atoms with van der Waals surface area (Å²) in [6, 6.07) is 2.32. The van der Waals surface area contributed by atoms with Gasteiger partial charge in [0.1, 0.15) is 17.1 Å². The van der Waals surface area contributed by atoms with Gasteiger partial charge in [-0.25, -0.2) is 0 Å². The van der Waals surface area contributed by atoms with Gasteiger partial charge in [0.2, 0.25) is 11.0 Å². The number of nitrogens with zero attached hydrogens (tertiary/aromatic N) is 7. The van der Waals surface area contributed by atoms with Gasteiger partial charge >= 0.3 is 0 Å². The molecule has 27 heavy (non-hydrogen) atoms. The van der Waals surface area contributed by atoms with Crippen LogP contribution in [-0.4, -0.2) is 63.9 Å². The van der Waals surface area contributed by atoms with Crippen molar-refractivity contribution in [2.24, 2.45) is 0 Å². The maximum Gasteiger partial charge on any atom is 0.240 e. The SMILES string of the molecule is CCc1nnc(N2CCN(CC(=O)Nc3nncs3)CC2)c(C#N)c1CC.